The minimum absolute atomic E-state index is 0.101. The van der Waals surface area contributed by atoms with E-state index in [-0.39, 0.29) is 22.8 Å². The van der Waals surface area contributed by atoms with Gasteiger partial charge in [0.15, 0.2) is 10.9 Å². The van der Waals surface area contributed by atoms with E-state index in [2.05, 4.69) is 16.0 Å². The molecule has 6 nitrogen and oxygen atoms in total. The highest BCUT2D eigenvalue weighted by Gasteiger charge is 2.19. The predicted molar refractivity (Wildman–Crippen MR) is 103 cm³/mol. The van der Waals surface area contributed by atoms with Crippen LogP contribution in [0.1, 0.15) is 53.0 Å². The van der Waals surface area contributed by atoms with Crippen molar-refractivity contribution in [3.63, 3.8) is 0 Å². The Kier molecular flexibility index (Phi) is 6.01. The molecule has 1 aliphatic carbocycles. The molecule has 26 heavy (non-hydrogen) atoms. The largest absolute Gasteiger partial charge is 0.459 e. The van der Waals surface area contributed by atoms with Gasteiger partial charge in [-0.1, -0.05) is 31.4 Å². The second kappa shape index (κ2) is 8.62. The average Bonchev–Trinajstić information content (AvgIpc) is 3.17. The van der Waals surface area contributed by atoms with Gasteiger partial charge in [-0.15, -0.1) is 0 Å². The van der Waals surface area contributed by atoms with Crippen LogP contribution in [0.4, 0.5) is 5.69 Å². The number of benzene rings is 1. The van der Waals surface area contributed by atoms with E-state index in [1.165, 1.54) is 12.7 Å². The van der Waals surface area contributed by atoms with Crippen molar-refractivity contribution in [2.45, 2.75) is 38.1 Å². The van der Waals surface area contributed by atoms with Crippen molar-refractivity contribution in [3.8, 4) is 0 Å². The van der Waals surface area contributed by atoms with Crippen molar-refractivity contribution >= 4 is 34.8 Å². The van der Waals surface area contributed by atoms with Gasteiger partial charge in [-0.2, -0.15) is 0 Å². The number of furan rings is 1. The molecule has 7 heteroatoms. The molecule has 1 aromatic heterocycles. The molecule has 0 unspecified atom stereocenters. The van der Waals surface area contributed by atoms with Crippen LogP contribution < -0.4 is 16.0 Å². The summed E-state index contributed by atoms with van der Waals surface area (Å²) in [5, 5.41) is 8.64. The monoisotopic (exact) mass is 371 g/mol. The highest BCUT2D eigenvalue weighted by atomic mass is 32.1. The number of para-hydroxylation sites is 1. The number of carbonyl (C=O) groups excluding carboxylic acids is 2. The number of anilines is 1. The molecule has 3 N–H and O–H groups in total. The molecule has 1 fully saturated rings. The quantitative estimate of drug-likeness (QED) is 0.717. The molecule has 3 rings (SSSR count). The second-order valence-corrected chi connectivity index (χ2v) is 6.65. The molecule has 1 aliphatic rings. The van der Waals surface area contributed by atoms with Crippen molar-refractivity contribution in [2.75, 3.05) is 5.32 Å². The Hall–Kier alpha value is -2.67. The molecule has 136 valence electrons. The fourth-order valence-corrected chi connectivity index (χ4v) is 3.23. The summed E-state index contributed by atoms with van der Waals surface area (Å²) in [7, 11) is 0. The van der Waals surface area contributed by atoms with Gasteiger partial charge < -0.3 is 15.1 Å². The lowest BCUT2D eigenvalue weighted by molar-refractivity contribution is 0.0926. The number of nitrogens with one attached hydrogen (secondary N) is 3. The normalized spacial score (nSPS) is 14.5. The first-order chi connectivity index (χ1) is 12.6. The van der Waals surface area contributed by atoms with Crippen LogP contribution in [0.2, 0.25) is 0 Å². The zero-order chi connectivity index (χ0) is 18.4. The topological polar surface area (TPSA) is 83.4 Å². The van der Waals surface area contributed by atoms with Crippen LogP contribution in [-0.4, -0.2) is 23.0 Å². The van der Waals surface area contributed by atoms with E-state index in [9.17, 15) is 9.59 Å². The zero-order valence-electron chi connectivity index (χ0n) is 14.3. The Morgan fingerprint density at radius 2 is 1.77 bits per heavy atom. The fraction of sp³-hybridized carbons (Fsp3) is 0.316. The fourth-order valence-electron chi connectivity index (χ4n) is 3.03. The average molecular weight is 371 g/mol. The maximum atomic E-state index is 12.6. The Balaban J connectivity index is 1.63. The van der Waals surface area contributed by atoms with Gasteiger partial charge in [0.25, 0.3) is 11.8 Å². The minimum atomic E-state index is -0.448. The van der Waals surface area contributed by atoms with E-state index in [1.807, 2.05) is 0 Å². The van der Waals surface area contributed by atoms with E-state index < -0.39 is 5.91 Å². The van der Waals surface area contributed by atoms with Crippen LogP contribution in [0.5, 0.6) is 0 Å². The Bertz CT molecular complexity index is 783. The van der Waals surface area contributed by atoms with E-state index in [1.54, 1.807) is 36.4 Å². The summed E-state index contributed by atoms with van der Waals surface area (Å²) in [6.07, 6.45) is 6.96. The molecule has 0 atom stereocenters. The second-order valence-electron chi connectivity index (χ2n) is 6.24. The molecule has 0 bridgehead atoms. The first-order valence-electron chi connectivity index (χ1n) is 8.69. The minimum Gasteiger partial charge on any atom is -0.459 e. The van der Waals surface area contributed by atoms with Crippen molar-refractivity contribution in [1.29, 1.82) is 0 Å². The smallest absolute Gasteiger partial charge is 0.293 e. The molecule has 1 heterocycles. The van der Waals surface area contributed by atoms with Crippen LogP contribution in [0.15, 0.2) is 47.1 Å². The molecule has 2 aromatic rings. The molecular formula is C19H21N3O3S. The summed E-state index contributed by atoms with van der Waals surface area (Å²) in [6.45, 7) is 0. The van der Waals surface area contributed by atoms with Gasteiger partial charge in [-0.25, -0.2) is 0 Å². The number of hydrogen-bond donors (Lipinski definition) is 3. The van der Waals surface area contributed by atoms with Crippen LogP contribution in [0.25, 0.3) is 0 Å². The number of rotatable bonds is 4. The molecule has 1 saturated carbocycles. The first kappa shape index (κ1) is 18.1. The summed E-state index contributed by atoms with van der Waals surface area (Å²) in [5.41, 5.74) is 1.04. The zero-order valence-corrected chi connectivity index (χ0v) is 15.1. The number of thiocarbonyl (C=S) groups is 1. The lowest BCUT2D eigenvalue weighted by Gasteiger charge is -2.23. The Morgan fingerprint density at radius 3 is 2.50 bits per heavy atom. The maximum absolute atomic E-state index is 12.6. The summed E-state index contributed by atoms with van der Waals surface area (Å²) in [5.74, 6) is -0.422. The van der Waals surface area contributed by atoms with Gasteiger partial charge in [0.05, 0.1) is 17.5 Å². The van der Waals surface area contributed by atoms with Gasteiger partial charge in [-0.05, 0) is 49.3 Å². The van der Waals surface area contributed by atoms with Crippen LogP contribution in [0.3, 0.4) is 0 Å². The van der Waals surface area contributed by atoms with Crippen LogP contribution >= 0.6 is 12.2 Å². The summed E-state index contributed by atoms with van der Waals surface area (Å²) >= 11 is 5.18. The van der Waals surface area contributed by atoms with Crippen molar-refractivity contribution in [1.82, 2.24) is 10.6 Å². The molecule has 0 spiro atoms. The van der Waals surface area contributed by atoms with Gasteiger partial charge in [0.1, 0.15) is 0 Å². The highest BCUT2D eigenvalue weighted by molar-refractivity contribution is 7.80. The lowest BCUT2D eigenvalue weighted by atomic mass is 9.95. The van der Waals surface area contributed by atoms with Gasteiger partial charge >= 0.3 is 0 Å². The lowest BCUT2D eigenvalue weighted by Crippen LogP contribution is -2.37. The molecule has 0 radical (unpaired) electrons. The van der Waals surface area contributed by atoms with Gasteiger partial charge in [-0.3, -0.25) is 14.9 Å². The summed E-state index contributed by atoms with van der Waals surface area (Å²) in [6, 6.07) is 10.5. The standard InChI is InChI=1S/C19H21N3O3S/c23-17(20-13-7-2-1-3-8-13)14-9-4-5-10-15(14)21-19(26)22-18(24)16-11-6-12-25-16/h4-6,9-13H,1-3,7-8H2,(H,20,23)(H2,21,22,24,26). The molecule has 2 amide bonds. The van der Waals surface area contributed by atoms with E-state index in [0.717, 1.165) is 25.7 Å². The molecule has 0 aliphatic heterocycles. The van der Waals surface area contributed by atoms with E-state index in [4.69, 9.17) is 16.6 Å². The predicted octanol–water partition coefficient (Wildman–Crippen LogP) is 3.47. The molecular weight excluding hydrogens is 350 g/mol. The van der Waals surface area contributed by atoms with Gasteiger partial charge in [0.2, 0.25) is 0 Å². The van der Waals surface area contributed by atoms with E-state index in [0.29, 0.717) is 11.3 Å². The molecule has 1 aromatic carbocycles. The summed E-state index contributed by atoms with van der Waals surface area (Å²) in [4.78, 5) is 24.6. The molecule has 0 saturated heterocycles. The Labute approximate surface area is 157 Å². The third kappa shape index (κ3) is 4.70. The highest BCUT2D eigenvalue weighted by Crippen LogP contribution is 2.20. The maximum Gasteiger partial charge on any atom is 0.293 e. The number of carbonyl (C=O) groups is 2. The number of hydrogen-bond acceptors (Lipinski definition) is 4. The third-order valence-electron chi connectivity index (χ3n) is 4.33. The third-order valence-corrected chi connectivity index (χ3v) is 4.54. The summed E-state index contributed by atoms with van der Waals surface area (Å²) < 4.78 is 5.03. The first-order valence-corrected chi connectivity index (χ1v) is 9.10. The van der Waals surface area contributed by atoms with E-state index >= 15 is 0 Å². The SMILES string of the molecule is O=C(NC(=S)Nc1ccccc1C(=O)NC1CCCCC1)c1ccco1. The number of amides is 2. The van der Waals surface area contributed by atoms with Crippen molar-refractivity contribution in [3.05, 3.63) is 54.0 Å². The Morgan fingerprint density at radius 1 is 1.00 bits per heavy atom. The van der Waals surface area contributed by atoms with Crippen molar-refractivity contribution < 1.29 is 14.0 Å². The van der Waals surface area contributed by atoms with Crippen molar-refractivity contribution in [2.24, 2.45) is 0 Å². The van der Waals surface area contributed by atoms with Crippen LogP contribution in [-0.2, 0) is 0 Å². The van der Waals surface area contributed by atoms with Crippen LogP contribution in [0, 0.1) is 0 Å². The van der Waals surface area contributed by atoms with Gasteiger partial charge in [0, 0.05) is 6.04 Å².